The van der Waals surface area contributed by atoms with E-state index < -0.39 is 17.5 Å². The Hall–Kier alpha value is -2.50. The van der Waals surface area contributed by atoms with Crippen molar-refractivity contribution in [3.63, 3.8) is 0 Å². The molecule has 0 fully saturated rings. The van der Waals surface area contributed by atoms with E-state index in [0.717, 1.165) is 12.1 Å². The van der Waals surface area contributed by atoms with Crippen LogP contribution < -0.4 is 10.9 Å². The van der Waals surface area contributed by atoms with Gasteiger partial charge in [0.1, 0.15) is 18.2 Å². The number of aromatic nitrogens is 1. The quantitative estimate of drug-likeness (QED) is 0.934. The molecule has 0 saturated heterocycles. The van der Waals surface area contributed by atoms with Crippen molar-refractivity contribution in [2.24, 2.45) is 0 Å². The molecule has 2 aromatic rings. The molecule has 0 saturated carbocycles. The van der Waals surface area contributed by atoms with Crippen molar-refractivity contribution in [2.45, 2.75) is 13.5 Å². The Bertz CT molecular complexity index is 711. The first kappa shape index (κ1) is 13.9. The summed E-state index contributed by atoms with van der Waals surface area (Å²) in [5, 5.41) is 2.29. The standard InChI is InChI=1S/C14H12F2N2O2/c1-9-3-2-6-18(14(9)20)8-13(19)17-12-5-4-10(15)7-11(12)16/h2-7H,8H2,1H3,(H,17,19). The van der Waals surface area contributed by atoms with Crippen LogP contribution in [0.5, 0.6) is 0 Å². The summed E-state index contributed by atoms with van der Waals surface area (Å²) in [5.41, 5.74) is 0.0904. The molecule has 2 rings (SSSR count). The Morgan fingerprint density at radius 2 is 2.05 bits per heavy atom. The lowest BCUT2D eigenvalue weighted by Gasteiger charge is -2.08. The summed E-state index contributed by atoms with van der Waals surface area (Å²) in [4.78, 5) is 23.5. The lowest BCUT2D eigenvalue weighted by atomic mass is 10.3. The average Bonchev–Trinajstić information content (AvgIpc) is 2.38. The van der Waals surface area contributed by atoms with Gasteiger partial charge in [-0.15, -0.1) is 0 Å². The molecular formula is C14H12F2N2O2. The van der Waals surface area contributed by atoms with E-state index in [1.165, 1.54) is 10.8 Å². The van der Waals surface area contributed by atoms with Crippen molar-refractivity contribution in [3.05, 3.63) is 64.1 Å². The van der Waals surface area contributed by atoms with Crippen LogP contribution in [-0.2, 0) is 11.3 Å². The van der Waals surface area contributed by atoms with E-state index >= 15 is 0 Å². The number of hydrogen-bond acceptors (Lipinski definition) is 2. The second-order valence-corrected chi connectivity index (χ2v) is 4.30. The van der Waals surface area contributed by atoms with Gasteiger partial charge < -0.3 is 9.88 Å². The van der Waals surface area contributed by atoms with E-state index in [4.69, 9.17) is 0 Å². The number of benzene rings is 1. The molecule has 1 aromatic heterocycles. The van der Waals surface area contributed by atoms with Crippen molar-refractivity contribution < 1.29 is 13.6 Å². The Morgan fingerprint density at radius 1 is 1.30 bits per heavy atom. The maximum absolute atomic E-state index is 13.4. The first-order chi connectivity index (χ1) is 9.47. The number of halogens is 2. The highest BCUT2D eigenvalue weighted by atomic mass is 19.1. The average molecular weight is 278 g/mol. The van der Waals surface area contributed by atoms with Gasteiger partial charge in [0, 0.05) is 17.8 Å². The van der Waals surface area contributed by atoms with Gasteiger partial charge in [-0.25, -0.2) is 8.78 Å². The fourth-order valence-electron chi connectivity index (χ4n) is 1.72. The summed E-state index contributed by atoms with van der Waals surface area (Å²) in [5.74, 6) is -2.16. The smallest absolute Gasteiger partial charge is 0.253 e. The second kappa shape index (κ2) is 5.64. The van der Waals surface area contributed by atoms with Crippen LogP contribution in [0.4, 0.5) is 14.5 Å². The molecule has 0 aliphatic rings. The molecule has 104 valence electrons. The number of carbonyl (C=O) groups excluding carboxylic acids is 1. The van der Waals surface area contributed by atoms with Gasteiger partial charge in [0.2, 0.25) is 5.91 Å². The second-order valence-electron chi connectivity index (χ2n) is 4.30. The molecule has 0 unspecified atom stereocenters. The van der Waals surface area contributed by atoms with E-state index in [1.807, 2.05) is 0 Å². The topological polar surface area (TPSA) is 51.1 Å². The van der Waals surface area contributed by atoms with Gasteiger partial charge in [0.05, 0.1) is 5.69 Å². The predicted molar refractivity (Wildman–Crippen MR) is 70.4 cm³/mol. The third-order valence-electron chi connectivity index (χ3n) is 2.73. The molecule has 1 amide bonds. The van der Waals surface area contributed by atoms with Crippen LogP contribution in [0.15, 0.2) is 41.3 Å². The van der Waals surface area contributed by atoms with E-state index in [0.29, 0.717) is 11.6 Å². The van der Waals surface area contributed by atoms with Crippen molar-refractivity contribution in [2.75, 3.05) is 5.32 Å². The summed E-state index contributed by atoms with van der Waals surface area (Å²) >= 11 is 0. The molecular weight excluding hydrogens is 266 g/mol. The minimum Gasteiger partial charge on any atom is -0.322 e. The Kier molecular flexibility index (Phi) is 3.93. The van der Waals surface area contributed by atoms with Crippen molar-refractivity contribution >= 4 is 11.6 Å². The molecule has 1 N–H and O–H groups in total. The lowest BCUT2D eigenvalue weighted by molar-refractivity contribution is -0.116. The number of aryl methyl sites for hydroxylation is 1. The van der Waals surface area contributed by atoms with Crippen LogP contribution in [0.3, 0.4) is 0 Å². The predicted octanol–water partition coefficient (Wildman–Crippen LogP) is 2.07. The zero-order valence-electron chi connectivity index (χ0n) is 10.7. The summed E-state index contributed by atoms with van der Waals surface area (Å²) in [6.07, 6.45) is 1.47. The van der Waals surface area contributed by atoms with Gasteiger partial charge in [-0.3, -0.25) is 9.59 Å². The van der Waals surface area contributed by atoms with Crippen molar-refractivity contribution in [1.29, 1.82) is 0 Å². The number of nitrogens with zero attached hydrogens (tertiary/aromatic N) is 1. The van der Waals surface area contributed by atoms with Crippen molar-refractivity contribution in [1.82, 2.24) is 4.57 Å². The Labute approximate surface area is 113 Å². The summed E-state index contributed by atoms with van der Waals surface area (Å²) in [6, 6.07) is 6.12. The van der Waals surface area contributed by atoms with Crippen molar-refractivity contribution in [3.8, 4) is 0 Å². The number of hydrogen-bond donors (Lipinski definition) is 1. The fourth-order valence-corrected chi connectivity index (χ4v) is 1.72. The van der Waals surface area contributed by atoms with E-state index in [-0.39, 0.29) is 17.8 Å². The van der Waals surface area contributed by atoms with Crippen LogP contribution >= 0.6 is 0 Å². The molecule has 0 atom stereocenters. The highest BCUT2D eigenvalue weighted by Gasteiger charge is 2.09. The fraction of sp³-hybridized carbons (Fsp3) is 0.143. The van der Waals surface area contributed by atoms with E-state index in [1.54, 1.807) is 19.1 Å². The molecule has 0 bridgehead atoms. The summed E-state index contributed by atoms with van der Waals surface area (Å²) < 4.78 is 27.3. The first-order valence-electron chi connectivity index (χ1n) is 5.88. The number of rotatable bonds is 3. The minimum atomic E-state index is -0.866. The molecule has 0 aliphatic heterocycles. The van der Waals surface area contributed by atoms with Gasteiger partial charge in [0.15, 0.2) is 0 Å². The third kappa shape index (κ3) is 3.09. The molecule has 20 heavy (non-hydrogen) atoms. The summed E-state index contributed by atoms with van der Waals surface area (Å²) in [7, 11) is 0. The molecule has 6 heteroatoms. The molecule has 0 aliphatic carbocycles. The first-order valence-corrected chi connectivity index (χ1v) is 5.88. The number of nitrogens with one attached hydrogen (secondary N) is 1. The zero-order valence-corrected chi connectivity index (χ0v) is 10.7. The SMILES string of the molecule is Cc1cccn(CC(=O)Nc2ccc(F)cc2F)c1=O. The van der Waals surface area contributed by atoms with E-state index in [2.05, 4.69) is 5.32 Å². The number of pyridine rings is 1. The van der Waals surface area contributed by atoms with Crippen LogP contribution in [0.1, 0.15) is 5.56 Å². The molecule has 0 spiro atoms. The molecule has 1 aromatic carbocycles. The Morgan fingerprint density at radius 3 is 2.75 bits per heavy atom. The van der Waals surface area contributed by atoms with Crippen LogP contribution in [-0.4, -0.2) is 10.5 Å². The number of carbonyl (C=O) groups is 1. The molecule has 0 radical (unpaired) electrons. The van der Waals surface area contributed by atoms with Gasteiger partial charge >= 0.3 is 0 Å². The number of amides is 1. The third-order valence-corrected chi connectivity index (χ3v) is 2.73. The highest BCUT2D eigenvalue weighted by Crippen LogP contribution is 2.14. The summed E-state index contributed by atoms with van der Waals surface area (Å²) in [6.45, 7) is 1.40. The maximum atomic E-state index is 13.4. The minimum absolute atomic E-state index is 0.128. The largest absolute Gasteiger partial charge is 0.322 e. The van der Waals surface area contributed by atoms with Gasteiger partial charge in [0.25, 0.3) is 5.56 Å². The van der Waals surface area contributed by atoms with Crippen LogP contribution in [0.2, 0.25) is 0 Å². The molecule has 4 nitrogen and oxygen atoms in total. The molecule has 1 heterocycles. The zero-order chi connectivity index (χ0) is 14.7. The van der Waals surface area contributed by atoms with Gasteiger partial charge in [-0.05, 0) is 25.1 Å². The van der Waals surface area contributed by atoms with E-state index in [9.17, 15) is 18.4 Å². The van der Waals surface area contributed by atoms with Gasteiger partial charge in [-0.2, -0.15) is 0 Å². The lowest BCUT2D eigenvalue weighted by Crippen LogP contribution is -2.28. The van der Waals surface area contributed by atoms with Gasteiger partial charge in [-0.1, -0.05) is 6.07 Å². The monoisotopic (exact) mass is 278 g/mol. The highest BCUT2D eigenvalue weighted by molar-refractivity contribution is 5.90. The normalized spacial score (nSPS) is 10.3. The number of anilines is 1. The van der Waals surface area contributed by atoms with Crippen LogP contribution in [0.25, 0.3) is 0 Å². The maximum Gasteiger partial charge on any atom is 0.253 e. The Balaban J connectivity index is 2.13. The van der Waals surface area contributed by atoms with Crippen LogP contribution in [0, 0.1) is 18.6 Å².